The summed E-state index contributed by atoms with van der Waals surface area (Å²) < 4.78 is 23.7. The molecule has 1 aromatic rings. The molecular weight excluding hydrogens is 223 g/mol. The fourth-order valence-electron chi connectivity index (χ4n) is 2.04. The fraction of sp³-hybridized carbons (Fsp3) is 0.500. The van der Waals surface area contributed by atoms with Crippen LogP contribution in [0.4, 0.5) is 15.8 Å². The number of likely N-dealkylation sites (N-methyl/N-ethyl adjacent to an activating group) is 1. The highest BCUT2D eigenvalue weighted by molar-refractivity contribution is 5.70. The summed E-state index contributed by atoms with van der Waals surface area (Å²) in [6, 6.07) is 3.20. The summed E-state index contributed by atoms with van der Waals surface area (Å²) in [6.45, 7) is 1.43. The van der Waals surface area contributed by atoms with E-state index in [4.69, 9.17) is 15.2 Å². The Bertz CT molecular complexity index is 406. The van der Waals surface area contributed by atoms with Crippen molar-refractivity contribution < 1.29 is 13.9 Å². The Morgan fingerprint density at radius 2 is 2.29 bits per heavy atom. The summed E-state index contributed by atoms with van der Waals surface area (Å²) in [5, 5.41) is 0. The van der Waals surface area contributed by atoms with Gasteiger partial charge in [0.25, 0.3) is 0 Å². The SMILES string of the molecule is COc1cc(N(C)C2CCOC2)c(N)cc1F. The smallest absolute Gasteiger partial charge is 0.167 e. The van der Waals surface area contributed by atoms with E-state index in [1.54, 1.807) is 6.07 Å². The summed E-state index contributed by atoms with van der Waals surface area (Å²) in [5.74, 6) is -0.232. The maximum atomic E-state index is 13.4. The molecule has 1 atom stereocenters. The number of hydrogen-bond acceptors (Lipinski definition) is 4. The summed E-state index contributed by atoms with van der Waals surface area (Å²) in [5.41, 5.74) is 7.03. The third kappa shape index (κ3) is 2.29. The van der Waals surface area contributed by atoms with E-state index in [1.165, 1.54) is 13.2 Å². The normalized spacial score (nSPS) is 19.4. The third-order valence-electron chi connectivity index (χ3n) is 3.13. The van der Waals surface area contributed by atoms with E-state index in [0.717, 1.165) is 18.7 Å². The minimum absolute atomic E-state index is 0.208. The van der Waals surface area contributed by atoms with Crippen molar-refractivity contribution in [2.75, 3.05) is 38.0 Å². The van der Waals surface area contributed by atoms with Gasteiger partial charge in [0.1, 0.15) is 0 Å². The van der Waals surface area contributed by atoms with Gasteiger partial charge in [0.2, 0.25) is 0 Å². The van der Waals surface area contributed by atoms with Crippen LogP contribution in [0.1, 0.15) is 6.42 Å². The average Bonchev–Trinajstić information content (AvgIpc) is 2.82. The molecule has 5 heteroatoms. The van der Waals surface area contributed by atoms with Gasteiger partial charge in [-0.3, -0.25) is 0 Å². The van der Waals surface area contributed by atoms with Gasteiger partial charge >= 0.3 is 0 Å². The summed E-state index contributed by atoms with van der Waals surface area (Å²) in [6.07, 6.45) is 0.954. The lowest BCUT2D eigenvalue weighted by molar-refractivity contribution is 0.193. The van der Waals surface area contributed by atoms with Crippen LogP contribution in [0, 0.1) is 5.82 Å². The van der Waals surface area contributed by atoms with Crippen molar-refractivity contribution in [1.29, 1.82) is 0 Å². The average molecular weight is 240 g/mol. The zero-order valence-electron chi connectivity index (χ0n) is 10.1. The molecule has 2 N–H and O–H groups in total. The number of hydrogen-bond donors (Lipinski definition) is 1. The van der Waals surface area contributed by atoms with Gasteiger partial charge in [0.05, 0.1) is 31.1 Å². The molecule has 1 unspecified atom stereocenters. The van der Waals surface area contributed by atoms with Crippen molar-refractivity contribution in [3.63, 3.8) is 0 Å². The number of halogens is 1. The molecule has 0 aromatic heterocycles. The molecule has 94 valence electrons. The molecule has 1 aliphatic heterocycles. The number of anilines is 2. The van der Waals surface area contributed by atoms with E-state index in [0.29, 0.717) is 12.3 Å². The van der Waals surface area contributed by atoms with E-state index >= 15 is 0 Å². The summed E-state index contributed by atoms with van der Waals surface area (Å²) in [7, 11) is 3.37. The van der Waals surface area contributed by atoms with Crippen LogP contribution < -0.4 is 15.4 Å². The standard InChI is InChI=1S/C12H17FN2O2/c1-15(8-3-4-17-7-8)11-6-12(16-2)9(13)5-10(11)14/h5-6,8H,3-4,7,14H2,1-2H3. The molecule has 1 heterocycles. The van der Waals surface area contributed by atoms with Crippen LogP contribution in [-0.4, -0.2) is 33.4 Å². The maximum absolute atomic E-state index is 13.4. The monoisotopic (exact) mass is 240 g/mol. The first-order valence-electron chi connectivity index (χ1n) is 5.57. The Hall–Kier alpha value is -1.49. The summed E-state index contributed by atoms with van der Waals surface area (Å²) >= 11 is 0. The number of nitrogens with two attached hydrogens (primary N) is 1. The molecule has 0 bridgehead atoms. The van der Waals surface area contributed by atoms with Crippen molar-refractivity contribution >= 4 is 11.4 Å². The minimum atomic E-state index is -0.440. The molecule has 0 aliphatic carbocycles. The molecule has 4 nitrogen and oxygen atoms in total. The number of rotatable bonds is 3. The molecule has 0 spiro atoms. The van der Waals surface area contributed by atoms with Crippen LogP contribution in [0.5, 0.6) is 5.75 Å². The van der Waals surface area contributed by atoms with E-state index in [9.17, 15) is 4.39 Å². The van der Waals surface area contributed by atoms with Crippen molar-refractivity contribution in [1.82, 2.24) is 0 Å². The van der Waals surface area contributed by atoms with Gasteiger partial charge in [0.15, 0.2) is 11.6 Å². The van der Waals surface area contributed by atoms with Crippen LogP contribution in [0.3, 0.4) is 0 Å². The van der Waals surface area contributed by atoms with Crippen molar-refractivity contribution in [3.05, 3.63) is 17.9 Å². The highest BCUT2D eigenvalue weighted by atomic mass is 19.1. The van der Waals surface area contributed by atoms with E-state index < -0.39 is 5.82 Å². The number of methoxy groups -OCH3 is 1. The molecule has 0 amide bonds. The second kappa shape index (κ2) is 4.79. The van der Waals surface area contributed by atoms with Gasteiger partial charge in [-0.1, -0.05) is 0 Å². The molecule has 2 rings (SSSR count). The van der Waals surface area contributed by atoms with Crippen LogP contribution >= 0.6 is 0 Å². The van der Waals surface area contributed by atoms with Crippen LogP contribution in [-0.2, 0) is 4.74 Å². The second-order valence-electron chi connectivity index (χ2n) is 4.17. The van der Waals surface area contributed by atoms with Crippen molar-refractivity contribution in [2.45, 2.75) is 12.5 Å². The van der Waals surface area contributed by atoms with Crippen LogP contribution in [0.15, 0.2) is 12.1 Å². The zero-order chi connectivity index (χ0) is 12.4. The highest BCUT2D eigenvalue weighted by Crippen LogP contribution is 2.32. The Kier molecular flexibility index (Phi) is 3.38. The Morgan fingerprint density at radius 3 is 2.88 bits per heavy atom. The van der Waals surface area contributed by atoms with Crippen LogP contribution in [0.2, 0.25) is 0 Å². The third-order valence-corrected chi connectivity index (χ3v) is 3.13. The first-order valence-corrected chi connectivity index (χ1v) is 5.57. The molecule has 1 aliphatic rings. The van der Waals surface area contributed by atoms with E-state index in [-0.39, 0.29) is 11.8 Å². The number of nitrogens with zero attached hydrogens (tertiary/aromatic N) is 1. The Morgan fingerprint density at radius 1 is 1.53 bits per heavy atom. The van der Waals surface area contributed by atoms with Gasteiger partial charge in [0, 0.05) is 25.8 Å². The second-order valence-corrected chi connectivity index (χ2v) is 4.17. The topological polar surface area (TPSA) is 47.7 Å². The van der Waals surface area contributed by atoms with Gasteiger partial charge in [-0.15, -0.1) is 0 Å². The van der Waals surface area contributed by atoms with Crippen molar-refractivity contribution in [3.8, 4) is 5.75 Å². The molecule has 1 saturated heterocycles. The first kappa shape index (κ1) is 12.0. The summed E-state index contributed by atoms with van der Waals surface area (Å²) in [4.78, 5) is 2.02. The number of nitrogen functional groups attached to an aromatic ring is 1. The zero-order valence-corrected chi connectivity index (χ0v) is 10.1. The predicted octanol–water partition coefficient (Wildman–Crippen LogP) is 1.64. The molecule has 1 fully saturated rings. The lowest BCUT2D eigenvalue weighted by Gasteiger charge is -2.27. The molecule has 0 radical (unpaired) electrons. The number of benzene rings is 1. The fourth-order valence-corrected chi connectivity index (χ4v) is 2.04. The van der Waals surface area contributed by atoms with Crippen molar-refractivity contribution in [2.24, 2.45) is 0 Å². The number of ether oxygens (including phenoxy) is 2. The van der Waals surface area contributed by atoms with Crippen LogP contribution in [0.25, 0.3) is 0 Å². The molecule has 0 saturated carbocycles. The van der Waals surface area contributed by atoms with E-state index in [1.807, 2.05) is 11.9 Å². The minimum Gasteiger partial charge on any atom is -0.494 e. The quantitative estimate of drug-likeness (QED) is 0.816. The largest absolute Gasteiger partial charge is 0.494 e. The predicted molar refractivity (Wildman–Crippen MR) is 65.0 cm³/mol. The lowest BCUT2D eigenvalue weighted by Crippen LogP contribution is -2.32. The maximum Gasteiger partial charge on any atom is 0.167 e. The molecular formula is C12H17FN2O2. The van der Waals surface area contributed by atoms with E-state index in [2.05, 4.69) is 0 Å². The van der Waals surface area contributed by atoms with Gasteiger partial charge < -0.3 is 20.1 Å². The Balaban J connectivity index is 2.30. The van der Waals surface area contributed by atoms with Gasteiger partial charge in [-0.25, -0.2) is 4.39 Å². The molecule has 1 aromatic carbocycles. The Labute approximate surface area is 100 Å². The molecule has 17 heavy (non-hydrogen) atoms. The first-order chi connectivity index (χ1) is 8.13. The lowest BCUT2D eigenvalue weighted by atomic mass is 10.1. The van der Waals surface area contributed by atoms with Gasteiger partial charge in [-0.2, -0.15) is 0 Å². The highest BCUT2D eigenvalue weighted by Gasteiger charge is 2.23. The van der Waals surface area contributed by atoms with Gasteiger partial charge in [-0.05, 0) is 6.42 Å².